The number of aryl methyl sites for hydroxylation is 1. The summed E-state index contributed by atoms with van der Waals surface area (Å²) >= 11 is 0. The summed E-state index contributed by atoms with van der Waals surface area (Å²) in [6, 6.07) is 9.62. The molecule has 23 heavy (non-hydrogen) atoms. The van der Waals surface area contributed by atoms with E-state index in [4.69, 9.17) is 19.5 Å². The molecule has 1 amide bonds. The second kappa shape index (κ2) is 7.24. The zero-order chi connectivity index (χ0) is 16.8. The highest BCUT2D eigenvalue weighted by Gasteiger charge is 2.17. The second-order valence-corrected chi connectivity index (χ2v) is 4.65. The Morgan fingerprint density at radius 2 is 2.04 bits per heavy atom. The van der Waals surface area contributed by atoms with E-state index in [1.165, 1.54) is 6.07 Å². The summed E-state index contributed by atoms with van der Waals surface area (Å²) in [5.74, 6) is -0.657. The highest BCUT2D eigenvalue weighted by Crippen LogP contribution is 2.16. The number of anilines is 1. The van der Waals surface area contributed by atoms with Crippen molar-refractivity contribution in [1.29, 1.82) is 5.26 Å². The first kappa shape index (κ1) is 16.3. The number of esters is 1. The number of furan rings is 1. The van der Waals surface area contributed by atoms with Gasteiger partial charge in [0.15, 0.2) is 6.61 Å². The molecule has 0 atom stereocenters. The number of aliphatic hydroxyl groups excluding tert-OH is 1. The number of hydrogen-bond donors (Lipinski definition) is 2. The average Bonchev–Trinajstić information content (AvgIpc) is 2.94. The first-order valence-corrected chi connectivity index (χ1v) is 6.70. The Morgan fingerprint density at radius 3 is 2.61 bits per heavy atom. The standard InChI is InChI=1S/C16H14N2O5/c1-10-14(6-13(8-19)23-10)16(21)22-9-15(20)18-12-4-2-11(7-17)3-5-12/h2-6,19H,8-9H2,1H3,(H,18,20). The summed E-state index contributed by atoms with van der Waals surface area (Å²) in [7, 11) is 0. The van der Waals surface area contributed by atoms with Gasteiger partial charge in [-0.3, -0.25) is 4.79 Å². The SMILES string of the molecule is Cc1oc(CO)cc1C(=O)OCC(=O)Nc1ccc(C#N)cc1. The van der Waals surface area contributed by atoms with Crippen molar-refractivity contribution in [2.75, 3.05) is 11.9 Å². The van der Waals surface area contributed by atoms with E-state index in [0.29, 0.717) is 17.0 Å². The third-order valence-corrected chi connectivity index (χ3v) is 2.98. The lowest BCUT2D eigenvalue weighted by Crippen LogP contribution is -2.21. The van der Waals surface area contributed by atoms with Crippen molar-refractivity contribution in [2.45, 2.75) is 13.5 Å². The van der Waals surface area contributed by atoms with E-state index in [1.54, 1.807) is 31.2 Å². The number of amides is 1. The lowest BCUT2D eigenvalue weighted by molar-refractivity contribution is -0.119. The van der Waals surface area contributed by atoms with Gasteiger partial charge in [-0.1, -0.05) is 0 Å². The zero-order valence-corrected chi connectivity index (χ0v) is 12.3. The van der Waals surface area contributed by atoms with Crippen LogP contribution in [0.25, 0.3) is 0 Å². The van der Waals surface area contributed by atoms with Crippen LogP contribution in [0.3, 0.4) is 0 Å². The Kier molecular flexibility index (Phi) is 5.12. The Morgan fingerprint density at radius 1 is 1.35 bits per heavy atom. The quantitative estimate of drug-likeness (QED) is 0.813. The molecule has 0 radical (unpaired) electrons. The van der Waals surface area contributed by atoms with Gasteiger partial charge in [0.1, 0.15) is 23.7 Å². The normalized spacial score (nSPS) is 9.96. The molecule has 1 aromatic carbocycles. The Balaban J connectivity index is 1.89. The maximum atomic E-state index is 11.9. The summed E-state index contributed by atoms with van der Waals surface area (Å²) in [6.45, 7) is 0.776. The first-order valence-electron chi connectivity index (χ1n) is 6.70. The van der Waals surface area contributed by atoms with E-state index in [1.807, 2.05) is 6.07 Å². The summed E-state index contributed by atoms with van der Waals surface area (Å²) in [5.41, 5.74) is 1.14. The van der Waals surface area contributed by atoms with Gasteiger partial charge in [-0.15, -0.1) is 0 Å². The predicted molar refractivity (Wildman–Crippen MR) is 79.4 cm³/mol. The van der Waals surface area contributed by atoms with Crippen LogP contribution in [0.5, 0.6) is 0 Å². The molecule has 0 aliphatic rings. The number of carbonyl (C=O) groups is 2. The van der Waals surface area contributed by atoms with Gasteiger partial charge in [0.2, 0.25) is 0 Å². The van der Waals surface area contributed by atoms with Gasteiger partial charge >= 0.3 is 5.97 Å². The predicted octanol–water partition coefficient (Wildman–Crippen LogP) is 1.75. The topological polar surface area (TPSA) is 113 Å². The van der Waals surface area contributed by atoms with Gasteiger partial charge in [0.05, 0.1) is 11.6 Å². The molecular weight excluding hydrogens is 300 g/mol. The number of hydrogen-bond acceptors (Lipinski definition) is 6. The van der Waals surface area contributed by atoms with Crippen molar-refractivity contribution in [3.05, 3.63) is 53.0 Å². The molecule has 0 aliphatic heterocycles. The maximum Gasteiger partial charge on any atom is 0.342 e. The van der Waals surface area contributed by atoms with Gasteiger partial charge < -0.3 is 19.6 Å². The molecule has 1 heterocycles. The minimum atomic E-state index is -0.707. The number of rotatable bonds is 5. The third-order valence-electron chi connectivity index (χ3n) is 2.98. The largest absolute Gasteiger partial charge is 0.463 e. The monoisotopic (exact) mass is 314 g/mol. The number of benzene rings is 1. The van der Waals surface area contributed by atoms with Gasteiger partial charge in [0, 0.05) is 5.69 Å². The molecule has 2 N–H and O–H groups in total. The third kappa shape index (κ3) is 4.18. The average molecular weight is 314 g/mol. The van der Waals surface area contributed by atoms with E-state index in [0.717, 1.165) is 0 Å². The minimum Gasteiger partial charge on any atom is -0.463 e. The van der Waals surface area contributed by atoms with Gasteiger partial charge in [0.25, 0.3) is 5.91 Å². The molecule has 2 aromatic rings. The first-order chi connectivity index (χ1) is 11.0. The van der Waals surface area contributed by atoms with Crippen molar-refractivity contribution in [1.82, 2.24) is 0 Å². The van der Waals surface area contributed by atoms with Crippen molar-refractivity contribution >= 4 is 17.6 Å². The van der Waals surface area contributed by atoms with Gasteiger partial charge in [-0.05, 0) is 37.3 Å². The molecule has 0 saturated carbocycles. The summed E-state index contributed by atoms with van der Waals surface area (Å²) in [5, 5.41) is 20.2. The molecule has 2 rings (SSSR count). The van der Waals surface area contributed by atoms with Crippen LogP contribution in [0.4, 0.5) is 5.69 Å². The summed E-state index contributed by atoms with van der Waals surface area (Å²) in [6.07, 6.45) is 0. The molecule has 7 nitrogen and oxygen atoms in total. The van der Waals surface area contributed by atoms with Crippen molar-refractivity contribution in [2.24, 2.45) is 0 Å². The summed E-state index contributed by atoms with van der Waals surface area (Å²) < 4.78 is 10.0. The lowest BCUT2D eigenvalue weighted by Gasteiger charge is -2.06. The summed E-state index contributed by atoms with van der Waals surface area (Å²) in [4.78, 5) is 23.6. The number of nitriles is 1. The van der Waals surface area contributed by atoms with E-state index < -0.39 is 18.5 Å². The van der Waals surface area contributed by atoms with Crippen molar-refractivity contribution < 1.29 is 23.8 Å². The second-order valence-electron chi connectivity index (χ2n) is 4.65. The number of carbonyl (C=O) groups excluding carboxylic acids is 2. The van der Waals surface area contributed by atoms with E-state index >= 15 is 0 Å². The smallest absolute Gasteiger partial charge is 0.342 e. The molecule has 0 fully saturated rings. The Hall–Kier alpha value is -3.11. The van der Waals surface area contributed by atoms with Gasteiger partial charge in [-0.25, -0.2) is 4.79 Å². The van der Waals surface area contributed by atoms with Crippen LogP contribution in [0.15, 0.2) is 34.7 Å². The number of aliphatic hydroxyl groups is 1. The molecule has 1 aromatic heterocycles. The molecule has 118 valence electrons. The number of nitrogens with zero attached hydrogens (tertiary/aromatic N) is 1. The van der Waals surface area contributed by atoms with Crippen molar-refractivity contribution in [3.63, 3.8) is 0 Å². The maximum absolute atomic E-state index is 11.9. The van der Waals surface area contributed by atoms with Crippen LogP contribution in [-0.2, 0) is 16.1 Å². The minimum absolute atomic E-state index is 0.167. The van der Waals surface area contributed by atoms with Crippen LogP contribution in [-0.4, -0.2) is 23.6 Å². The zero-order valence-electron chi connectivity index (χ0n) is 12.3. The lowest BCUT2D eigenvalue weighted by atomic mass is 10.2. The van der Waals surface area contributed by atoms with E-state index in [2.05, 4.69) is 5.32 Å². The molecule has 7 heteroatoms. The van der Waals surface area contributed by atoms with E-state index in [9.17, 15) is 9.59 Å². The fourth-order valence-corrected chi connectivity index (χ4v) is 1.86. The fraction of sp³-hybridized carbons (Fsp3) is 0.188. The molecule has 0 unspecified atom stereocenters. The van der Waals surface area contributed by atoms with Crippen LogP contribution < -0.4 is 5.32 Å². The number of ether oxygens (including phenoxy) is 1. The molecule has 0 bridgehead atoms. The highest BCUT2D eigenvalue weighted by molar-refractivity contribution is 5.95. The van der Waals surface area contributed by atoms with Crippen LogP contribution >= 0.6 is 0 Å². The van der Waals surface area contributed by atoms with Crippen LogP contribution in [0, 0.1) is 18.3 Å². The van der Waals surface area contributed by atoms with Gasteiger partial charge in [-0.2, -0.15) is 5.26 Å². The molecule has 0 aliphatic carbocycles. The van der Waals surface area contributed by atoms with E-state index in [-0.39, 0.29) is 17.9 Å². The highest BCUT2D eigenvalue weighted by atomic mass is 16.5. The number of nitrogens with one attached hydrogen (secondary N) is 1. The molecular formula is C16H14N2O5. The molecule has 0 spiro atoms. The van der Waals surface area contributed by atoms with Crippen LogP contribution in [0.2, 0.25) is 0 Å². The Bertz CT molecular complexity index is 756. The fourth-order valence-electron chi connectivity index (χ4n) is 1.86. The molecule has 0 saturated heterocycles. The Labute approximate surface area is 132 Å². The van der Waals surface area contributed by atoms with Crippen molar-refractivity contribution in [3.8, 4) is 6.07 Å². The van der Waals surface area contributed by atoms with Crippen LogP contribution in [0.1, 0.15) is 27.4 Å².